The summed E-state index contributed by atoms with van der Waals surface area (Å²) in [6, 6.07) is 18.3. The highest BCUT2D eigenvalue weighted by Crippen LogP contribution is 2.29. The summed E-state index contributed by atoms with van der Waals surface area (Å²) in [5.74, 6) is 1.11. The van der Waals surface area contributed by atoms with E-state index < -0.39 is 5.97 Å². The maximum atomic E-state index is 11.9. The van der Waals surface area contributed by atoms with E-state index in [4.69, 9.17) is 9.15 Å². The van der Waals surface area contributed by atoms with Crippen LogP contribution in [0.15, 0.2) is 70.4 Å². The number of carbonyl (C=O) groups excluding carboxylic acids is 1. The molecule has 6 nitrogen and oxygen atoms in total. The Bertz CT molecular complexity index is 1200. The number of furan rings is 1. The summed E-state index contributed by atoms with van der Waals surface area (Å²) in [4.78, 5) is 11.9. The predicted octanol–water partition coefficient (Wildman–Crippen LogP) is 5.15. The number of methoxy groups -OCH3 is 1. The lowest BCUT2D eigenvalue weighted by molar-refractivity contribution is 0.0564. The molecule has 4 aromatic rings. The van der Waals surface area contributed by atoms with E-state index in [1.165, 1.54) is 36.3 Å². The molecule has 0 amide bonds. The number of benzene rings is 2. The molecule has 2 aromatic heterocycles. The Morgan fingerprint density at radius 3 is 2.65 bits per heavy atom. The fourth-order valence-corrected chi connectivity index (χ4v) is 4.39. The van der Waals surface area contributed by atoms with Crippen molar-refractivity contribution >= 4 is 17.7 Å². The summed E-state index contributed by atoms with van der Waals surface area (Å²) >= 11 is 1.51. The molecule has 0 atom stereocenters. The lowest BCUT2D eigenvalue weighted by Crippen LogP contribution is -2.06. The van der Waals surface area contributed by atoms with Crippen LogP contribution >= 0.6 is 11.8 Å². The fourth-order valence-electron chi connectivity index (χ4n) is 3.45. The van der Waals surface area contributed by atoms with Crippen LogP contribution in [-0.4, -0.2) is 27.8 Å². The summed E-state index contributed by atoms with van der Waals surface area (Å²) in [5.41, 5.74) is 5.32. The average molecular weight is 434 g/mol. The monoisotopic (exact) mass is 433 g/mol. The number of aromatic nitrogens is 3. The number of esters is 1. The number of ether oxygens (including phenoxy) is 1. The maximum absolute atomic E-state index is 11.9. The van der Waals surface area contributed by atoms with E-state index in [-0.39, 0.29) is 5.76 Å². The van der Waals surface area contributed by atoms with E-state index in [0.717, 1.165) is 27.8 Å². The van der Waals surface area contributed by atoms with Gasteiger partial charge < -0.3 is 9.15 Å². The normalized spacial score (nSPS) is 10.9. The molecule has 2 heterocycles. The first kappa shape index (κ1) is 20.9. The van der Waals surface area contributed by atoms with Crippen molar-refractivity contribution in [3.05, 3.63) is 94.7 Å². The van der Waals surface area contributed by atoms with Gasteiger partial charge in [-0.2, -0.15) is 0 Å². The Morgan fingerprint density at radius 2 is 1.90 bits per heavy atom. The van der Waals surface area contributed by atoms with Gasteiger partial charge in [-0.1, -0.05) is 59.8 Å². The Balaban J connectivity index is 1.69. The zero-order valence-corrected chi connectivity index (χ0v) is 18.5. The summed E-state index contributed by atoms with van der Waals surface area (Å²) < 4.78 is 12.2. The van der Waals surface area contributed by atoms with Crippen LogP contribution < -0.4 is 0 Å². The first-order valence-electron chi connectivity index (χ1n) is 9.90. The quantitative estimate of drug-likeness (QED) is 0.297. The van der Waals surface area contributed by atoms with Gasteiger partial charge in [0.15, 0.2) is 5.16 Å². The number of thioether (sulfide) groups is 1. The van der Waals surface area contributed by atoms with Gasteiger partial charge in [0.2, 0.25) is 5.76 Å². The van der Waals surface area contributed by atoms with E-state index in [2.05, 4.69) is 58.9 Å². The van der Waals surface area contributed by atoms with Crippen LogP contribution in [0.5, 0.6) is 0 Å². The molecule has 0 aliphatic carbocycles. The van der Waals surface area contributed by atoms with Crippen molar-refractivity contribution in [1.82, 2.24) is 14.8 Å². The Kier molecular flexibility index (Phi) is 6.23. The molecular weight excluding hydrogens is 410 g/mol. The predicted molar refractivity (Wildman–Crippen MR) is 120 cm³/mol. The summed E-state index contributed by atoms with van der Waals surface area (Å²) in [5, 5.41) is 9.74. The molecule has 4 rings (SSSR count). The van der Waals surface area contributed by atoms with Crippen LogP contribution in [0.25, 0.3) is 5.69 Å². The Morgan fingerprint density at radius 1 is 1.10 bits per heavy atom. The molecule has 0 bridgehead atoms. The molecule has 0 spiro atoms. The number of carbonyl (C=O) groups is 1. The lowest BCUT2D eigenvalue weighted by atomic mass is 10.1. The minimum Gasteiger partial charge on any atom is -0.463 e. The van der Waals surface area contributed by atoms with Gasteiger partial charge in [0.25, 0.3) is 0 Å². The van der Waals surface area contributed by atoms with Crippen LogP contribution in [0.3, 0.4) is 0 Å². The first-order chi connectivity index (χ1) is 15.1. The van der Waals surface area contributed by atoms with Crippen LogP contribution in [0.2, 0.25) is 0 Å². The van der Waals surface area contributed by atoms with Crippen molar-refractivity contribution < 1.29 is 13.9 Å². The molecule has 0 fully saturated rings. The third-order valence-corrected chi connectivity index (χ3v) is 5.95. The second-order valence-electron chi connectivity index (χ2n) is 7.24. The second kappa shape index (κ2) is 9.22. The van der Waals surface area contributed by atoms with Crippen molar-refractivity contribution in [3.63, 3.8) is 0 Å². The van der Waals surface area contributed by atoms with Gasteiger partial charge in [-0.15, -0.1) is 10.2 Å². The minimum absolute atomic E-state index is 0.220. The van der Waals surface area contributed by atoms with E-state index in [1.54, 1.807) is 6.07 Å². The molecule has 0 aliphatic heterocycles. The maximum Gasteiger partial charge on any atom is 0.374 e. The number of hydrogen-bond acceptors (Lipinski definition) is 6. The fraction of sp³-hybridized carbons (Fsp3) is 0.208. The highest BCUT2D eigenvalue weighted by Gasteiger charge is 2.20. The SMILES string of the molecule is COC(=O)c1occc1CSc1nnc(Cc2ccccc2)n1-c1ccc(C)cc1C. The molecule has 0 aliphatic rings. The highest BCUT2D eigenvalue weighted by molar-refractivity contribution is 7.98. The molecule has 158 valence electrons. The number of hydrogen-bond donors (Lipinski definition) is 0. The van der Waals surface area contributed by atoms with Crippen molar-refractivity contribution in [1.29, 1.82) is 0 Å². The minimum atomic E-state index is -0.485. The molecular formula is C24H23N3O3S. The van der Waals surface area contributed by atoms with Crippen molar-refractivity contribution in [2.45, 2.75) is 31.2 Å². The van der Waals surface area contributed by atoms with Crippen molar-refractivity contribution in [3.8, 4) is 5.69 Å². The molecule has 2 aromatic carbocycles. The molecule has 0 saturated carbocycles. The molecule has 0 saturated heterocycles. The third-order valence-electron chi connectivity index (χ3n) is 4.97. The smallest absolute Gasteiger partial charge is 0.374 e. The zero-order chi connectivity index (χ0) is 21.8. The van der Waals surface area contributed by atoms with Gasteiger partial charge in [-0.3, -0.25) is 4.57 Å². The van der Waals surface area contributed by atoms with Gasteiger partial charge in [-0.25, -0.2) is 4.79 Å². The van der Waals surface area contributed by atoms with E-state index >= 15 is 0 Å². The topological polar surface area (TPSA) is 70.2 Å². The van der Waals surface area contributed by atoms with Gasteiger partial charge in [0, 0.05) is 17.7 Å². The van der Waals surface area contributed by atoms with Gasteiger partial charge >= 0.3 is 5.97 Å². The summed E-state index contributed by atoms with van der Waals surface area (Å²) in [6.07, 6.45) is 2.17. The van der Waals surface area contributed by atoms with Crippen LogP contribution in [0.1, 0.15) is 38.6 Å². The van der Waals surface area contributed by atoms with Crippen molar-refractivity contribution in [2.24, 2.45) is 0 Å². The highest BCUT2D eigenvalue weighted by atomic mass is 32.2. The van der Waals surface area contributed by atoms with Crippen molar-refractivity contribution in [2.75, 3.05) is 7.11 Å². The number of aryl methyl sites for hydroxylation is 2. The molecule has 0 unspecified atom stereocenters. The largest absolute Gasteiger partial charge is 0.463 e. The third kappa shape index (κ3) is 4.56. The Hall–Kier alpha value is -3.32. The van der Waals surface area contributed by atoms with Crippen LogP contribution in [0.4, 0.5) is 0 Å². The summed E-state index contributed by atoms with van der Waals surface area (Å²) in [7, 11) is 1.34. The van der Waals surface area contributed by atoms with Gasteiger partial charge in [0.05, 0.1) is 19.1 Å². The van der Waals surface area contributed by atoms with Gasteiger partial charge in [0.1, 0.15) is 5.82 Å². The number of nitrogens with zero attached hydrogens (tertiary/aromatic N) is 3. The second-order valence-corrected chi connectivity index (χ2v) is 8.18. The van der Waals surface area contributed by atoms with Crippen LogP contribution in [0, 0.1) is 13.8 Å². The van der Waals surface area contributed by atoms with Gasteiger partial charge in [-0.05, 0) is 37.1 Å². The van der Waals surface area contributed by atoms with E-state index in [0.29, 0.717) is 12.2 Å². The zero-order valence-electron chi connectivity index (χ0n) is 17.7. The molecule has 7 heteroatoms. The van der Waals surface area contributed by atoms with Crippen LogP contribution in [-0.2, 0) is 16.9 Å². The standard InChI is InChI=1S/C24H23N3O3S/c1-16-9-10-20(17(2)13-16)27-21(14-18-7-5-4-6-8-18)25-26-24(27)31-15-19-11-12-30-22(19)23(28)29-3/h4-13H,14-15H2,1-3H3. The molecule has 31 heavy (non-hydrogen) atoms. The Labute approximate surface area is 185 Å². The van der Waals surface area contributed by atoms with E-state index in [9.17, 15) is 4.79 Å². The summed E-state index contributed by atoms with van der Waals surface area (Å²) in [6.45, 7) is 4.17. The average Bonchev–Trinajstić information content (AvgIpc) is 3.40. The molecule has 0 radical (unpaired) electrons. The first-order valence-corrected chi connectivity index (χ1v) is 10.9. The van der Waals surface area contributed by atoms with E-state index in [1.807, 2.05) is 18.2 Å². The lowest BCUT2D eigenvalue weighted by Gasteiger charge is -2.13. The number of rotatable bonds is 7. The molecule has 0 N–H and O–H groups in total.